The maximum atomic E-state index is 14.5. The number of methoxy groups -OCH3 is 3. The Kier molecular flexibility index (Phi) is 18.3. The SMILES string of the molecule is C=CCC1/C=C(\C)CC(C)CC(OC)C2OC(O)(C(=O)C(=O)N3CCCCC3C(=O)OC(C(C)=CC3CCC(O)(Cc4ccccc4)C(OC)C3)C(C)C(O)CC1=O)C(C)CC2OC. The van der Waals surface area contributed by atoms with Crippen molar-refractivity contribution in [1.29, 1.82) is 0 Å². The molecule has 1 aromatic rings. The quantitative estimate of drug-likeness (QED) is 0.144. The summed E-state index contributed by atoms with van der Waals surface area (Å²) in [5, 5.41) is 35.8. The first kappa shape index (κ1) is 51.4. The van der Waals surface area contributed by atoms with Gasteiger partial charge in [-0.15, -0.1) is 6.58 Å². The zero-order chi connectivity index (χ0) is 46.9. The molecule has 13 nitrogen and oxygen atoms in total. The van der Waals surface area contributed by atoms with E-state index in [1.807, 2.05) is 63.3 Å². The number of rotatable bonds is 9. The van der Waals surface area contributed by atoms with E-state index in [9.17, 15) is 34.5 Å². The summed E-state index contributed by atoms with van der Waals surface area (Å²) < 4.78 is 30.3. The smallest absolute Gasteiger partial charge is 0.329 e. The molecule has 0 aromatic heterocycles. The van der Waals surface area contributed by atoms with Crippen LogP contribution in [0.2, 0.25) is 0 Å². The second-order valence-corrected chi connectivity index (χ2v) is 19.4. The fourth-order valence-corrected chi connectivity index (χ4v) is 10.7. The van der Waals surface area contributed by atoms with Gasteiger partial charge in [0, 0.05) is 58.5 Å². The normalized spacial score (nSPS) is 38.9. The fraction of sp³-hybridized carbons (Fsp3) is 0.686. The minimum absolute atomic E-state index is 0.0000634. The molecule has 3 fully saturated rings. The number of carbonyl (C=O) groups is 4. The third kappa shape index (κ3) is 12.1. The number of hydrogen-bond acceptors (Lipinski definition) is 12. The van der Waals surface area contributed by atoms with Crippen LogP contribution in [0.25, 0.3) is 0 Å². The van der Waals surface area contributed by atoms with E-state index in [0.29, 0.717) is 63.4 Å². The Morgan fingerprint density at radius 3 is 2.28 bits per heavy atom. The van der Waals surface area contributed by atoms with E-state index < -0.39 is 89.5 Å². The van der Waals surface area contributed by atoms with Crippen LogP contribution in [-0.2, 0) is 49.3 Å². The highest BCUT2D eigenvalue weighted by Crippen LogP contribution is 2.41. The number of benzene rings is 1. The molecule has 5 rings (SSSR count). The van der Waals surface area contributed by atoms with E-state index in [4.69, 9.17) is 23.7 Å². The molecule has 1 saturated carbocycles. The van der Waals surface area contributed by atoms with Crippen LogP contribution in [0.15, 0.2) is 66.3 Å². The Bertz CT molecular complexity index is 1830. The molecule has 0 radical (unpaired) electrons. The number of carbonyl (C=O) groups excluding carboxylic acids is 4. The van der Waals surface area contributed by atoms with Gasteiger partial charge in [0.2, 0.25) is 5.79 Å². The number of aliphatic hydroxyl groups is 3. The molecule has 3 N–H and O–H groups in total. The number of ether oxygens (including phenoxy) is 5. The molecule has 4 aliphatic rings. The Morgan fingerprint density at radius 1 is 0.938 bits per heavy atom. The topological polar surface area (TPSA) is 178 Å². The second-order valence-electron chi connectivity index (χ2n) is 19.4. The van der Waals surface area contributed by atoms with Crippen LogP contribution in [0.1, 0.15) is 111 Å². The van der Waals surface area contributed by atoms with Gasteiger partial charge in [0.25, 0.3) is 11.7 Å². The Hall–Kier alpha value is -3.56. The summed E-state index contributed by atoms with van der Waals surface area (Å²) >= 11 is 0. The number of ketones is 2. The summed E-state index contributed by atoms with van der Waals surface area (Å²) in [5.41, 5.74) is 1.51. The lowest BCUT2D eigenvalue weighted by Crippen LogP contribution is -2.64. The van der Waals surface area contributed by atoms with E-state index in [-0.39, 0.29) is 43.4 Å². The highest BCUT2D eigenvalue weighted by atomic mass is 16.7. The predicted octanol–water partition coefficient (Wildman–Crippen LogP) is 6.25. The van der Waals surface area contributed by atoms with Crippen LogP contribution in [0.4, 0.5) is 0 Å². The molecule has 14 atom stereocenters. The molecule has 1 aliphatic carbocycles. The molecule has 13 heteroatoms. The first-order valence-electron chi connectivity index (χ1n) is 23.4. The van der Waals surface area contributed by atoms with Crippen LogP contribution in [0.3, 0.4) is 0 Å². The Balaban J connectivity index is 1.51. The largest absolute Gasteiger partial charge is 0.456 e. The van der Waals surface area contributed by atoms with Crippen molar-refractivity contribution in [3.63, 3.8) is 0 Å². The minimum atomic E-state index is -2.52. The van der Waals surface area contributed by atoms with Gasteiger partial charge in [0.15, 0.2) is 0 Å². The summed E-state index contributed by atoms with van der Waals surface area (Å²) in [4.78, 5) is 58.5. The van der Waals surface area contributed by atoms with Gasteiger partial charge in [-0.3, -0.25) is 14.4 Å². The monoisotopic (exact) mass is 894 g/mol. The van der Waals surface area contributed by atoms with E-state index in [2.05, 4.69) is 6.58 Å². The molecule has 14 unspecified atom stereocenters. The maximum absolute atomic E-state index is 14.5. The van der Waals surface area contributed by atoms with Crippen molar-refractivity contribution in [2.45, 2.75) is 166 Å². The van der Waals surface area contributed by atoms with Gasteiger partial charge in [-0.1, -0.05) is 74.9 Å². The van der Waals surface area contributed by atoms with E-state index in [1.54, 1.807) is 27.0 Å². The average Bonchev–Trinajstić information content (AvgIpc) is 3.27. The highest BCUT2D eigenvalue weighted by molar-refractivity contribution is 6.39. The van der Waals surface area contributed by atoms with Gasteiger partial charge in [-0.05, 0) is 101 Å². The first-order chi connectivity index (χ1) is 30.4. The lowest BCUT2D eigenvalue weighted by atomic mass is 9.73. The summed E-state index contributed by atoms with van der Waals surface area (Å²) in [6.07, 6.45) is 5.53. The number of hydrogen-bond donors (Lipinski definition) is 3. The Labute approximate surface area is 380 Å². The lowest BCUT2D eigenvalue weighted by molar-refractivity contribution is -0.302. The van der Waals surface area contributed by atoms with Crippen LogP contribution in [0, 0.1) is 29.6 Å². The number of amides is 1. The molecule has 1 aromatic carbocycles. The number of fused-ring (bicyclic) bond motifs is 3. The van der Waals surface area contributed by atoms with Gasteiger partial charge >= 0.3 is 5.97 Å². The third-order valence-corrected chi connectivity index (χ3v) is 14.5. The molecular formula is C51H75NO12. The van der Waals surface area contributed by atoms with Crippen LogP contribution in [-0.4, -0.2) is 126 Å². The summed E-state index contributed by atoms with van der Waals surface area (Å²) in [6, 6.07) is 8.63. The van der Waals surface area contributed by atoms with Crippen molar-refractivity contribution >= 4 is 23.4 Å². The van der Waals surface area contributed by atoms with Crippen molar-refractivity contribution in [3.8, 4) is 0 Å². The third-order valence-electron chi connectivity index (χ3n) is 14.5. The Morgan fingerprint density at radius 2 is 1.62 bits per heavy atom. The van der Waals surface area contributed by atoms with Gasteiger partial charge in [0.05, 0.1) is 30.0 Å². The molecule has 64 heavy (non-hydrogen) atoms. The second kappa shape index (κ2) is 22.8. The summed E-state index contributed by atoms with van der Waals surface area (Å²) in [6.45, 7) is 13.2. The number of allylic oxidation sites excluding steroid dienone is 4. The van der Waals surface area contributed by atoms with E-state index in [0.717, 1.165) is 11.1 Å². The van der Waals surface area contributed by atoms with Gasteiger partial charge < -0.3 is 43.9 Å². The molecule has 3 aliphatic heterocycles. The molecule has 356 valence electrons. The molecule has 1 amide bonds. The zero-order valence-corrected chi connectivity index (χ0v) is 39.4. The van der Waals surface area contributed by atoms with Crippen molar-refractivity contribution in [1.82, 2.24) is 4.90 Å². The number of aliphatic hydroxyl groups excluding tert-OH is 1. The van der Waals surface area contributed by atoms with Crippen molar-refractivity contribution in [2.75, 3.05) is 27.9 Å². The maximum Gasteiger partial charge on any atom is 0.329 e. The van der Waals surface area contributed by atoms with Crippen LogP contribution >= 0.6 is 0 Å². The lowest BCUT2D eigenvalue weighted by Gasteiger charge is -2.47. The number of Topliss-reactive ketones (excluding diaryl/α,β-unsaturated/α-hetero) is 2. The number of piperidine rings is 1. The van der Waals surface area contributed by atoms with Gasteiger partial charge in [-0.25, -0.2) is 4.79 Å². The van der Waals surface area contributed by atoms with Crippen LogP contribution < -0.4 is 0 Å². The van der Waals surface area contributed by atoms with Crippen molar-refractivity contribution < 1.29 is 58.2 Å². The van der Waals surface area contributed by atoms with Gasteiger partial charge in [0.1, 0.15) is 24.0 Å². The minimum Gasteiger partial charge on any atom is -0.456 e. The molecule has 2 saturated heterocycles. The number of nitrogens with zero attached hydrogens (tertiary/aromatic N) is 1. The van der Waals surface area contributed by atoms with E-state index >= 15 is 0 Å². The fourth-order valence-electron chi connectivity index (χ4n) is 10.7. The standard InChI is InChI=1S/C51H75NO12/c1-10-16-38-24-31(2)23-32(3)25-42(60-7)46-43(61-8)27-34(5)51(59,64-46)47(55)48(56)52-22-15-14-19-39(52)49(57)63-45(35(6)40(53)29-41(38)54)33(4)26-37-20-21-50(58,44(28-37)62-9)30-36-17-12-11-13-18-36/h10-13,17-18,24,26,32,34-35,37-40,42-46,53,58-59H,1,14-16,19-23,25,27-30H2,2-9H3/b31-24+,33-26?. The van der Waals surface area contributed by atoms with Crippen LogP contribution in [0.5, 0.6) is 0 Å². The first-order valence-corrected chi connectivity index (χ1v) is 23.4. The molecule has 2 bridgehead atoms. The number of esters is 1. The predicted molar refractivity (Wildman–Crippen MR) is 242 cm³/mol. The summed E-state index contributed by atoms with van der Waals surface area (Å²) in [5.74, 6) is -7.93. The number of cyclic esters (lactones) is 1. The van der Waals surface area contributed by atoms with Crippen molar-refractivity contribution in [2.24, 2.45) is 29.6 Å². The molecular weight excluding hydrogens is 819 g/mol. The molecule has 3 heterocycles. The average molecular weight is 894 g/mol. The van der Waals surface area contributed by atoms with Crippen molar-refractivity contribution in [3.05, 3.63) is 71.8 Å². The highest BCUT2D eigenvalue weighted by Gasteiger charge is 2.56. The molecule has 0 spiro atoms. The van der Waals surface area contributed by atoms with Gasteiger partial charge in [-0.2, -0.15) is 0 Å². The van der Waals surface area contributed by atoms with E-state index in [1.165, 1.54) is 19.1 Å². The summed E-state index contributed by atoms with van der Waals surface area (Å²) in [7, 11) is 4.65. The zero-order valence-electron chi connectivity index (χ0n) is 39.4.